The van der Waals surface area contributed by atoms with Gasteiger partial charge >= 0.3 is 12.3 Å². The van der Waals surface area contributed by atoms with Crippen molar-refractivity contribution in [3.63, 3.8) is 0 Å². The summed E-state index contributed by atoms with van der Waals surface area (Å²) >= 11 is 1.39. The molecule has 10 heteroatoms. The molecule has 0 bridgehead atoms. The summed E-state index contributed by atoms with van der Waals surface area (Å²) in [4.78, 5) is 17.6. The molecule has 0 spiro atoms. The lowest BCUT2D eigenvalue weighted by molar-refractivity contribution is -0.274. The van der Waals surface area contributed by atoms with Crippen LogP contribution in [0.1, 0.15) is 40.2 Å². The summed E-state index contributed by atoms with van der Waals surface area (Å²) in [5.74, 6) is 0.349. The van der Waals surface area contributed by atoms with Gasteiger partial charge in [0.2, 0.25) is 0 Å². The molecule has 0 unspecified atom stereocenters. The molecule has 0 atom stereocenters. The molecular weight excluding hydrogens is 515 g/mol. The number of hydrogen-bond acceptors (Lipinski definition) is 7. The molecule has 5 rings (SSSR count). The van der Waals surface area contributed by atoms with E-state index in [9.17, 15) is 18.0 Å². The van der Waals surface area contributed by atoms with Crippen LogP contribution in [0.4, 0.5) is 24.7 Å². The molecule has 0 aliphatic heterocycles. The third kappa shape index (κ3) is 5.80. The van der Waals surface area contributed by atoms with Crippen molar-refractivity contribution in [2.24, 2.45) is 0 Å². The standard InChI is InChI=1S/C28H24F3N3O3S/c1-36-27(35)23-13-12-21(14-24(23)32)38-34(16-17-6-10-20(11-7-17)37-28(29,30)31)26-25(18-8-9-18)22-5-3-2-4-19(22)15-33-26/h2-7,10-15,18H,8-9,16,32H2,1H3. The van der Waals surface area contributed by atoms with Gasteiger partial charge in [-0.05, 0) is 72.0 Å². The van der Waals surface area contributed by atoms with Crippen LogP contribution in [0.15, 0.2) is 77.8 Å². The number of carbonyl (C=O) groups excluding carboxylic acids is 1. The number of carbonyl (C=O) groups is 1. The van der Waals surface area contributed by atoms with Crippen LogP contribution in [0.3, 0.4) is 0 Å². The minimum Gasteiger partial charge on any atom is -0.465 e. The van der Waals surface area contributed by atoms with Gasteiger partial charge in [0.15, 0.2) is 0 Å². The molecule has 38 heavy (non-hydrogen) atoms. The maximum atomic E-state index is 12.6. The molecule has 2 N–H and O–H groups in total. The van der Waals surface area contributed by atoms with Crippen molar-refractivity contribution in [3.8, 4) is 5.75 Å². The molecule has 3 aromatic carbocycles. The van der Waals surface area contributed by atoms with Gasteiger partial charge < -0.3 is 15.2 Å². The molecule has 0 amide bonds. The van der Waals surface area contributed by atoms with E-state index in [1.54, 1.807) is 30.3 Å². The van der Waals surface area contributed by atoms with Gasteiger partial charge in [-0.25, -0.2) is 9.78 Å². The Labute approximate surface area is 221 Å². The Bertz CT molecular complexity index is 1470. The number of nitrogen functional groups attached to an aromatic ring is 1. The minimum absolute atomic E-state index is 0.270. The molecule has 1 aliphatic carbocycles. The van der Waals surface area contributed by atoms with Crippen LogP contribution in [0.25, 0.3) is 10.8 Å². The van der Waals surface area contributed by atoms with Crippen molar-refractivity contribution in [1.82, 2.24) is 4.98 Å². The van der Waals surface area contributed by atoms with E-state index in [0.29, 0.717) is 12.5 Å². The third-order valence-corrected chi connectivity index (χ3v) is 7.15. The Balaban J connectivity index is 1.52. The number of pyridine rings is 1. The van der Waals surface area contributed by atoms with Gasteiger partial charge in [-0.2, -0.15) is 0 Å². The number of alkyl halides is 3. The molecule has 1 saturated carbocycles. The maximum Gasteiger partial charge on any atom is 0.573 e. The monoisotopic (exact) mass is 539 g/mol. The highest BCUT2D eigenvalue weighted by Gasteiger charge is 2.32. The largest absolute Gasteiger partial charge is 0.573 e. The Morgan fingerprint density at radius 1 is 1.11 bits per heavy atom. The van der Waals surface area contributed by atoms with Gasteiger partial charge in [0.25, 0.3) is 0 Å². The molecule has 4 aromatic rings. The molecule has 196 valence electrons. The molecule has 6 nitrogen and oxygen atoms in total. The Hall–Kier alpha value is -3.92. The van der Waals surface area contributed by atoms with Crippen LogP contribution in [-0.2, 0) is 11.3 Å². The Morgan fingerprint density at radius 2 is 1.84 bits per heavy atom. The van der Waals surface area contributed by atoms with Gasteiger partial charge in [-0.1, -0.05) is 36.4 Å². The number of benzene rings is 3. The number of ether oxygens (including phenoxy) is 2. The second kappa shape index (κ2) is 10.4. The van der Waals surface area contributed by atoms with E-state index < -0.39 is 12.3 Å². The number of halogens is 3. The number of fused-ring (bicyclic) bond motifs is 1. The normalized spacial score (nSPS) is 13.4. The van der Waals surface area contributed by atoms with Crippen molar-refractivity contribution in [2.45, 2.75) is 36.6 Å². The predicted molar refractivity (Wildman–Crippen MR) is 141 cm³/mol. The zero-order valence-corrected chi connectivity index (χ0v) is 21.2. The van der Waals surface area contributed by atoms with E-state index >= 15 is 0 Å². The number of esters is 1. The number of methoxy groups -OCH3 is 1. The summed E-state index contributed by atoms with van der Waals surface area (Å²) in [7, 11) is 1.29. The zero-order valence-electron chi connectivity index (χ0n) is 20.4. The summed E-state index contributed by atoms with van der Waals surface area (Å²) in [6, 6.07) is 19.0. The first-order valence-electron chi connectivity index (χ1n) is 11.9. The predicted octanol–water partition coefficient (Wildman–Crippen LogP) is 7.09. The summed E-state index contributed by atoms with van der Waals surface area (Å²) in [6.07, 6.45) is -0.802. The van der Waals surface area contributed by atoms with Gasteiger partial charge in [0.05, 0.1) is 19.2 Å². The summed E-state index contributed by atoms with van der Waals surface area (Å²) < 4.78 is 48.7. The van der Waals surface area contributed by atoms with Crippen LogP contribution < -0.4 is 14.8 Å². The van der Waals surface area contributed by atoms with E-state index in [4.69, 9.17) is 15.5 Å². The van der Waals surface area contributed by atoms with Crippen molar-refractivity contribution >= 4 is 40.2 Å². The number of anilines is 2. The fraction of sp³-hybridized carbons (Fsp3) is 0.214. The van der Waals surface area contributed by atoms with Gasteiger partial charge in [-0.15, -0.1) is 13.2 Å². The Morgan fingerprint density at radius 3 is 2.50 bits per heavy atom. The first-order valence-corrected chi connectivity index (χ1v) is 12.6. The number of hydrogen-bond donors (Lipinski definition) is 1. The average molecular weight is 540 g/mol. The zero-order chi connectivity index (χ0) is 26.9. The second-order valence-corrected chi connectivity index (χ2v) is 10.0. The smallest absolute Gasteiger partial charge is 0.465 e. The van der Waals surface area contributed by atoms with Gasteiger partial charge in [0.1, 0.15) is 11.6 Å². The minimum atomic E-state index is -4.76. The van der Waals surface area contributed by atoms with Crippen LogP contribution in [0.2, 0.25) is 0 Å². The van der Waals surface area contributed by atoms with Crippen LogP contribution in [0, 0.1) is 0 Å². The lowest BCUT2D eigenvalue weighted by Gasteiger charge is -2.26. The molecule has 1 fully saturated rings. The quantitative estimate of drug-likeness (QED) is 0.145. The number of nitrogens with two attached hydrogens (primary N) is 1. The van der Waals surface area contributed by atoms with Crippen molar-refractivity contribution in [3.05, 3.63) is 89.6 Å². The summed E-state index contributed by atoms with van der Waals surface area (Å²) in [5.41, 5.74) is 8.60. The van der Waals surface area contributed by atoms with Crippen molar-refractivity contribution < 1.29 is 27.4 Å². The highest BCUT2D eigenvalue weighted by atomic mass is 32.2. The fourth-order valence-electron chi connectivity index (χ4n) is 4.28. The molecular formula is C28H24F3N3O3S. The molecule has 1 aromatic heterocycles. The number of rotatable bonds is 8. The van der Waals surface area contributed by atoms with Crippen molar-refractivity contribution in [2.75, 3.05) is 17.1 Å². The highest BCUT2D eigenvalue weighted by molar-refractivity contribution is 8.00. The maximum absolute atomic E-state index is 12.6. The SMILES string of the molecule is COC(=O)c1ccc(SN(Cc2ccc(OC(F)(F)F)cc2)c2ncc3ccccc3c2C2CC2)cc1N. The van der Waals surface area contributed by atoms with Crippen LogP contribution in [-0.4, -0.2) is 24.4 Å². The lowest BCUT2D eigenvalue weighted by Crippen LogP contribution is -2.18. The van der Waals surface area contributed by atoms with Crippen LogP contribution in [0.5, 0.6) is 5.75 Å². The lowest BCUT2D eigenvalue weighted by atomic mass is 10.0. The number of aromatic nitrogens is 1. The Kier molecular flexibility index (Phi) is 7.07. The molecule has 1 heterocycles. The topological polar surface area (TPSA) is 77.7 Å². The first-order chi connectivity index (χ1) is 18.2. The van der Waals surface area contributed by atoms with E-state index in [1.807, 2.05) is 28.7 Å². The van der Waals surface area contributed by atoms with E-state index in [0.717, 1.165) is 45.5 Å². The fourth-order valence-corrected chi connectivity index (χ4v) is 5.29. The van der Waals surface area contributed by atoms with E-state index in [2.05, 4.69) is 10.8 Å². The highest BCUT2D eigenvalue weighted by Crippen LogP contribution is 2.48. The molecule has 1 aliphatic rings. The summed E-state index contributed by atoms with van der Waals surface area (Å²) in [5, 5.41) is 2.17. The summed E-state index contributed by atoms with van der Waals surface area (Å²) in [6.45, 7) is 0.348. The van der Waals surface area contributed by atoms with Gasteiger partial charge in [-0.3, -0.25) is 4.31 Å². The van der Waals surface area contributed by atoms with E-state index in [1.165, 1.54) is 31.2 Å². The average Bonchev–Trinajstić information content (AvgIpc) is 3.73. The number of nitrogens with zero attached hydrogens (tertiary/aromatic N) is 2. The third-order valence-electron chi connectivity index (χ3n) is 6.17. The van der Waals surface area contributed by atoms with Gasteiger partial charge in [0, 0.05) is 27.7 Å². The van der Waals surface area contributed by atoms with Crippen molar-refractivity contribution in [1.29, 1.82) is 0 Å². The second-order valence-electron chi connectivity index (χ2n) is 8.92. The molecule has 0 radical (unpaired) electrons. The van der Waals surface area contributed by atoms with Crippen LogP contribution >= 0.6 is 11.9 Å². The first kappa shape index (κ1) is 25.7. The molecule has 0 saturated heterocycles. The van der Waals surface area contributed by atoms with E-state index in [-0.39, 0.29) is 17.0 Å².